The van der Waals surface area contributed by atoms with E-state index in [1.165, 1.54) is 31.4 Å². The second kappa shape index (κ2) is 11.5. The van der Waals surface area contributed by atoms with E-state index in [9.17, 15) is 27.2 Å². The summed E-state index contributed by atoms with van der Waals surface area (Å²) >= 11 is 0. The lowest BCUT2D eigenvalue weighted by Crippen LogP contribution is -2.55. The number of likely N-dealkylation sites (tertiary alicyclic amines) is 1. The molecule has 3 aromatic rings. The monoisotopic (exact) mass is 547 g/mol. The summed E-state index contributed by atoms with van der Waals surface area (Å²) in [5, 5.41) is 8.65. The molecule has 1 fully saturated rings. The number of methoxy groups -OCH3 is 1. The highest BCUT2D eigenvalue weighted by molar-refractivity contribution is 6.43. The number of primary amides is 1. The molecule has 0 aliphatic carbocycles. The molecule has 0 unspecified atom stereocenters. The molecular formula is C25H25F4N7O3. The van der Waals surface area contributed by atoms with Crippen LogP contribution in [0, 0.1) is 0 Å². The Morgan fingerprint density at radius 1 is 1.13 bits per heavy atom. The van der Waals surface area contributed by atoms with Crippen molar-refractivity contribution in [2.24, 2.45) is 5.73 Å². The van der Waals surface area contributed by atoms with Gasteiger partial charge in [0, 0.05) is 37.6 Å². The standard InChI is InChI=1S/C25H25F4N7O3/c1-39-20-10-14(32-15-12-36(13-15)9-8-26)6-7-19(20)34-24-31-11-17(25(27,28)29)23(35-24)33-18-5-3-2-4-16(18)21(37)22(30)38/h2-7,10-11,15,32H,8-9,12-13H2,1H3,(H2,30,38)(H2,31,33,34,35). The van der Waals surface area contributed by atoms with Gasteiger partial charge in [0.1, 0.15) is 23.8 Å². The maximum Gasteiger partial charge on any atom is 0.421 e. The Morgan fingerprint density at radius 3 is 2.54 bits per heavy atom. The number of halogens is 4. The lowest BCUT2D eigenvalue weighted by atomic mass is 10.1. The Labute approximate surface area is 220 Å². The predicted octanol–water partition coefficient (Wildman–Crippen LogP) is 3.72. The zero-order valence-corrected chi connectivity index (χ0v) is 20.7. The number of rotatable bonds is 11. The summed E-state index contributed by atoms with van der Waals surface area (Å²) in [6.45, 7) is 1.40. The molecule has 4 rings (SSSR count). The van der Waals surface area contributed by atoms with Crippen LogP contribution in [-0.2, 0) is 11.0 Å². The first-order valence-electron chi connectivity index (χ1n) is 11.7. The quantitative estimate of drug-likeness (QED) is 0.161. The number of ether oxygens (including phenoxy) is 1. The Hall–Kier alpha value is -4.46. The van der Waals surface area contributed by atoms with Crippen LogP contribution in [0.2, 0.25) is 0 Å². The molecule has 39 heavy (non-hydrogen) atoms. The number of anilines is 5. The van der Waals surface area contributed by atoms with Crippen LogP contribution >= 0.6 is 0 Å². The third-order valence-corrected chi connectivity index (χ3v) is 5.92. The van der Waals surface area contributed by atoms with Gasteiger partial charge in [0.05, 0.1) is 30.1 Å². The largest absolute Gasteiger partial charge is 0.494 e. The lowest BCUT2D eigenvalue weighted by Gasteiger charge is -2.39. The van der Waals surface area contributed by atoms with Gasteiger partial charge >= 0.3 is 6.18 Å². The highest BCUT2D eigenvalue weighted by Gasteiger charge is 2.36. The van der Waals surface area contributed by atoms with E-state index in [-0.39, 0.29) is 23.2 Å². The van der Waals surface area contributed by atoms with E-state index in [2.05, 4.69) is 25.9 Å². The molecule has 1 aromatic heterocycles. The smallest absolute Gasteiger partial charge is 0.421 e. The van der Waals surface area contributed by atoms with Gasteiger partial charge in [0.25, 0.3) is 11.7 Å². The van der Waals surface area contributed by atoms with Gasteiger partial charge in [-0.15, -0.1) is 0 Å². The molecule has 1 aliphatic rings. The molecule has 5 N–H and O–H groups in total. The molecule has 0 spiro atoms. The minimum Gasteiger partial charge on any atom is -0.494 e. The van der Waals surface area contributed by atoms with Crippen LogP contribution < -0.4 is 26.4 Å². The number of nitrogens with one attached hydrogen (secondary N) is 3. The van der Waals surface area contributed by atoms with Gasteiger partial charge < -0.3 is 26.4 Å². The van der Waals surface area contributed by atoms with Gasteiger partial charge in [0.15, 0.2) is 0 Å². The summed E-state index contributed by atoms with van der Waals surface area (Å²) in [6, 6.07) is 10.7. The highest BCUT2D eigenvalue weighted by Crippen LogP contribution is 2.37. The summed E-state index contributed by atoms with van der Waals surface area (Å²) in [5.41, 5.74) is 4.70. The number of nitrogens with zero attached hydrogens (tertiary/aromatic N) is 3. The fourth-order valence-corrected chi connectivity index (χ4v) is 4.00. The number of ketones is 1. The first-order chi connectivity index (χ1) is 18.6. The van der Waals surface area contributed by atoms with Crippen molar-refractivity contribution < 1.29 is 31.9 Å². The molecule has 1 aliphatic heterocycles. The van der Waals surface area contributed by atoms with Crippen molar-refractivity contribution in [3.8, 4) is 5.75 Å². The Morgan fingerprint density at radius 2 is 1.87 bits per heavy atom. The number of para-hydroxylation sites is 1. The van der Waals surface area contributed by atoms with Crippen molar-refractivity contribution in [1.29, 1.82) is 0 Å². The second-order valence-corrected chi connectivity index (χ2v) is 8.65. The third kappa shape index (κ3) is 6.52. The normalized spacial score (nSPS) is 13.9. The fraction of sp³-hybridized carbons (Fsp3) is 0.280. The van der Waals surface area contributed by atoms with E-state index in [1.807, 2.05) is 4.90 Å². The minimum atomic E-state index is -4.82. The van der Waals surface area contributed by atoms with Crippen molar-refractivity contribution in [2.45, 2.75) is 12.2 Å². The zero-order valence-electron chi connectivity index (χ0n) is 20.7. The predicted molar refractivity (Wildman–Crippen MR) is 136 cm³/mol. The summed E-state index contributed by atoms with van der Waals surface area (Å²) < 4.78 is 59.1. The number of carbonyl (C=O) groups is 2. The SMILES string of the molecule is COc1cc(NC2CN(CCF)C2)ccc1Nc1ncc(C(F)(F)F)c(Nc2ccccc2C(=O)C(N)=O)n1. The Balaban J connectivity index is 1.58. The topological polar surface area (TPSA) is 134 Å². The van der Waals surface area contributed by atoms with Gasteiger partial charge in [-0.1, -0.05) is 12.1 Å². The molecular weight excluding hydrogens is 522 g/mol. The number of nitrogens with two attached hydrogens (primary N) is 1. The van der Waals surface area contributed by atoms with Gasteiger partial charge in [0.2, 0.25) is 5.95 Å². The van der Waals surface area contributed by atoms with E-state index >= 15 is 0 Å². The third-order valence-electron chi connectivity index (χ3n) is 5.92. The molecule has 0 bridgehead atoms. The fourth-order valence-electron chi connectivity index (χ4n) is 4.00. The van der Waals surface area contributed by atoms with Crippen molar-refractivity contribution in [1.82, 2.24) is 14.9 Å². The van der Waals surface area contributed by atoms with Gasteiger partial charge in [-0.2, -0.15) is 18.2 Å². The van der Waals surface area contributed by atoms with Gasteiger partial charge in [-0.3, -0.25) is 14.5 Å². The van der Waals surface area contributed by atoms with Crippen molar-refractivity contribution in [3.05, 3.63) is 59.8 Å². The maximum atomic E-state index is 13.7. The van der Waals surface area contributed by atoms with Crippen LogP contribution in [0.3, 0.4) is 0 Å². The van der Waals surface area contributed by atoms with E-state index in [4.69, 9.17) is 10.5 Å². The first kappa shape index (κ1) is 27.6. The molecule has 14 heteroatoms. The molecule has 1 amide bonds. The number of aromatic nitrogens is 2. The molecule has 2 heterocycles. The molecule has 10 nitrogen and oxygen atoms in total. The molecule has 0 radical (unpaired) electrons. The van der Waals surface area contributed by atoms with E-state index in [0.717, 1.165) is 5.69 Å². The molecule has 0 saturated carbocycles. The Bertz CT molecular complexity index is 1360. The van der Waals surface area contributed by atoms with E-state index < -0.39 is 35.9 Å². The number of alkyl halides is 4. The van der Waals surface area contributed by atoms with Crippen LogP contribution in [0.5, 0.6) is 5.75 Å². The van der Waals surface area contributed by atoms with Crippen molar-refractivity contribution >= 4 is 40.5 Å². The van der Waals surface area contributed by atoms with Crippen LogP contribution in [0.15, 0.2) is 48.7 Å². The number of hydrogen-bond acceptors (Lipinski definition) is 9. The number of amides is 1. The van der Waals surface area contributed by atoms with Crippen LogP contribution in [0.1, 0.15) is 15.9 Å². The van der Waals surface area contributed by atoms with Crippen molar-refractivity contribution in [3.63, 3.8) is 0 Å². The van der Waals surface area contributed by atoms with Crippen LogP contribution in [0.4, 0.5) is 46.4 Å². The van der Waals surface area contributed by atoms with E-state index in [0.29, 0.717) is 37.3 Å². The maximum absolute atomic E-state index is 13.7. The average Bonchev–Trinajstić information content (AvgIpc) is 2.87. The molecule has 2 aromatic carbocycles. The summed E-state index contributed by atoms with van der Waals surface area (Å²) in [7, 11) is 1.43. The average molecular weight is 548 g/mol. The van der Waals surface area contributed by atoms with Gasteiger partial charge in [-0.25, -0.2) is 9.37 Å². The molecule has 1 saturated heterocycles. The van der Waals surface area contributed by atoms with E-state index in [1.54, 1.807) is 18.2 Å². The van der Waals surface area contributed by atoms with Crippen LogP contribution in [-0.4, -0.2) is 66.0 Å². The molecule has 0 atom stereocenters. The number of hydrogen-bond donors (Lipinski definition) is 4. The number of benzene rings is 2. The first-order valence-corrected chi connectivity index (χ1v) is 11.7. The lowest BCUT2D eigenvalue weighted by molar-refractivity contribution is -0.137. The summed E-state index contributed by atoms with van der Waals surface area (Å²) in [6.07, 6.45) is -4.23. The van der Waals surface area contributed by atoms with Gasteiger partial charge in [-0.05, 0) is 24.3 Å². The van der Waals surface area contributed by atoms with Crippen molar-refractivity contribution in [2.75, 3.05) is 49.4 Å². The number of carbonyl (C=O) groups excluding carboxylic acids is 2. The summed E-state index contributed by atoms with van der Waals surface area (Å²) in [5.74, 6) is -2.80. The highest BCUT2D eigenvalue weighted by atomic mass is 19.4. The number of Topliss-reactive ketones (excluding diaryl/α,β-unsaturated/α-hetero) is 1. The minimum absolute atomic E-state index is 0.0921. The Kier molecular flexibility index (Phi) is 8.14. The van der Waals surface area contributed by atoms with Crippen LogP contribution in [0.25, 0.3) is 0 Å². The second-order valence-electron chi connectivity index (χ2n) is 8.65. The summed E-state index contributed by atoms with van der Waals surface area (Å²) in [4.78, 5) is 33.3. The molecule has 206 valence electrons. The zero-order chi connectivity index (χ0) is 28.2.